The van der Waals surface area contributed by atoms with Crippen LogP contribution in [0.15, 0.2) is 88.8 Å². The molecule has 8 heteroatoms. The van der Waals surface area contributed by atoms with Gasteiger partial charge in [-0.1, -0.05) is 66.4 Å². The molecule has 0 saturated carbocycles. The summed E-state index contributed by atoms with van der Waals surface area (Å²) in [4.78, 5) is 36.9. The summed E-state index contributed by atoms with van der Waals surface area (Å²) in [5, 5.41) is 3.37. The molecule has 2 amide bonds. The first-order chi connectivity index (χ1) is 16.6. The van der Waals surface area contributed by atoms with Crippen LogP contribution < -0.4 is 10.1 Å². The Morgan fingerprint density at radius 3 is 2.68 bits per heavy atom. The van der Waals surface area contributed by atoms with Gasteiger partial charge in [0.25, 0.3) is 5.91 Å². The van der Waals surface area contributed by atoms with Gasteiger partial charge >= 0.3 is 0 Å². The van der Waals surface area contributed by atoms with E-state index in [9.17, 15) is 9.59 Å². The van der Waals surface area contributed by atoms with E-state index in [1.165, 1.54) is 11.8 Å². The van der Waals surface area contributed by atoms with Crippen molar-refractivity contribution < 1.29 is 14.3 Å². The van der Waals surface area contributed by atoms with Gasteiger partial charge in [-0.05, 0) is 35.4 Å². The van der Waals surface area contributed by atoms with Crippen molar-refractivity contribution in [3.05, 3.63) is 95.6 Å². The van der Waals surface area contributed by atoms with E-state index >= 15 is 0 Å². The SMILES string of the molecule is COc1cccc(CNC(=O)CSC2=Nc3ccccc3C3=N[C@H](c4ccccc4)C(=O)N23)c1. The zero-order valence-electron chi connectivity index (χ0n) is 18.5. The van der Waals surface area contributed by atoms with Gasteiger partial charge in [-0.25, -0.2) is 14.9 Å². The highest BCUT2D eigenvalue weighted by Crippen LogP contribution is 2.37. The van der Waals surface area contributed by atoms with Crippen LogP contribution in [0.2, 0.25) is 0 Å². The number of aliphatic imine (C=N–C) groups is 2. The monoisotopic (exact) mass is 470 g/mol. The number of amidine groups is 2. The van der Waals surface area contributed by atoms with E-state index in [0.717, 1.165) is 28.1 Å². The number of rotatable bonds is 6. The molecule has 2 heterocycles. The lowest BCUT2D eigenvalue weighted by Crippen LogP contribution is -2.40. The molecular weight excluding hydrogens is 448 g/mol. The van der Waals surface area contributed by atoms with Gasteiger partial charge in [-0.3, -0.25) is 9.59 Å². The Kier molecular flexibility index (Phi) is 6.14. The number of nitrogens with zero attached hydrogens (tertiary/aromatic N) is 3. The van der Waals surface area contributed by atoms with Crippen molar-refractivity contribution in [3.63, 3.8) is 0 Å². The first-order valence-electron chi connectivity index (χ1n) is 10.8. The summed E-state index contributed by atoms with van der Waals surface area (Å²) >= 11 is 1.23. The second-order valence-electron chi connectivity index (χ2n) is 7.77. The second kappa shape index (κ2) is 9.52. The Bertz CT molecular complexity index is 1310. The largest absolute Gasteiger partial charge is 0.497 e. The molecule has 0 radical (unpaired) electrons. The number of nitrogens with one attached hydrogen (secondary N) is 1. The van der Waals surface area contributed by atoms with E-state index < -0.39 is 6.04 Å². The number of carbonyl (C=O) groups is 2. The Labute approximate surface area is 201 Å². The highest BCUT2D eigenvalue weighted by atomic mass is 32.2. The van der Waals surface area contributed by atoms with Crippen LogP contribution in [0.4, 0.5) is 5.69 Å². The Morgan fingerprint density at radius 2 is 1.85 bits per heavy atom. The van der Waals surface area contributed by atoms with E-state index in [-0.39, 0.29) is 17.6 Å². The van der Waals surface area contributed by atoms with Crippen molar-refractivity contribution in [2.75, 3.05) is 12.9 Å². The van der Waals surface area contributed by atoms with Gasteiger partial charge < -0.3 is 10.1 Å². The molecule has 170 valence electrons. The lowest BCUT2D eigenvalue weighted by molar-refractivity contribution is -0.124. The molecule has 2 aliphatic rings. The molecule has 5 rings (SSSR count). The normalized spacial score (nSPS) is 16.3. The highest BCUT2D eigenvalue weighted by molar-refractivity contribution is 8.14. The molecule has 0 saturated heterocycles. The standard InChI is InChI=1S/C26H22N4O3S/c1-33-19-11-7-8-17(14-19)15-27-22(31)16-34-26-28-21-13-6-5-12-20(21)24-29-23(25(32)30(24)26)18-9-3-2-4-10-18/h2-14,23H,15-16H2,1H3,(H,27,31)/t23-/m1/s1. The number of fused-ring (bicyclic) bond motifs is 3. The molecule has 0 fully saturated rings. The number of amides is 2. The fourth-order valence-corrected chi connectivity index (χ4v) is 4.69. The minimum absolute atomic E-state index is 0.123. The molecule has 34 heavy (non-hydrogen) atoms. The third kappa shape index (κ3) is 4.32. The van der Waals surface area contributed by atoms with Crippen molar-refractivity contribution in [2.45, 2.75) is 12.6 Å². The van der Waals surface area contributed by atoms with Crippen molar-refractivity contribution in [1.82, 2.24) is 10.2 Å². The minimum atomic E-state index is -0.630. The summed E-state index contributed by atoms with van der Waals surface area (Å²) in [5.74, 6) is 1.11. The lowest BCUT2D eigenvalue weighted by Gasteiger charge is -2.25. The fourth-order valence-electron chi connectivity index (χ4n) is 3.86. The van der Waals surface area contributed by atoms with Crippen LogP contribution in [-0.2, 0) is 16.1 Å². The maximum atomic E-state index is 13.4. The van der Waals surface area contributed by atoms with E-state index in [0.29, 0.717) is 17.5 Å². The highest BCUT2D eigenvalue weighted by Gasteiger charge is 2.42. The van der Waals surface area contributed by atoms with Gasteiger partial charge in [0.1, 0.15) is 11.6 Å². The van der Waals surface area contributed by atoms with Crippen molar-refractivity contribution >= 4 is 40.3 Å². The van der Waals surface area contributed by atoms with Gasteiger partial charge in [-0.15, -0.1) is 0 Å². The molecule has 1 atom stereocenters. The van der Waals surface area contributed by atoms with Gasteiger partial charge in [-0.2, -0.15) is 0 Å². The summed E-state index contributed by atoms with van der Waals surface area (Å²) in [6, 6.07) is 24.0. The third-order valence-corrected chi connectivity index (χ3v) is 6.48. The minimum Gasteiger partial charge on any atom is -0.497 e. The summed E-state index contributed by atoms with van der Waals surface area (Å²) in [6.45, 7) is 0.386. The average Bonchev–Trinajstić information content (AvgIpc) is 3.24. The van der Waals surface area contributed by atoms with E-state index in [2.05, 4.69) is 10.3 Å². The Morgan fingerprint density at radius 1 is 1.06 bits per heavy atom. The molecule has 0 aromatic heterocycles. The van der Waals surface area contributed by atoms with Crippen molar-refractivity contribution in [2.24, 2.45) is 9.98 Å². The quantitative estimate of drug-likeness (QED) is 0.589. The number of carbonyl (C=O) groups excluding carboxylic acids is 2. The van der Waals surface area contributed by atoms with Gasteiger partial charge in [0.15, 0.2) is 11.2 Å². The molecule has 0 unspecified atom stereocenters. The number of benzene rings is 3. The zero-order chi connectivity index (χ0) is 23.5. The summed E-state index contributed by atoms with van der Waals surface area (Å²) in [7, 11) is 1.61. The van der Waals surface area contributed by atoms with Crippen LogP contribution in [0.3, 0.4) is 0 Å². The maximum absolute atomic E-state index is 13.4. The molecule has 0 bridgehead atoms. The number of thioether (sulfide) groups is 1. The van der Waals surface area contributed by atoms with Crippen LogP contribution in [0.5, 0.6) is 5.75 Å². The van der Waals surface area contributed by atoms with E-state index in [4.69, 9.17) is 9.73 Å². The Balaban J connectivity index is 1.33. The lowest BCUT2D eigenvalue weighted by atomic mass is 10.1. The molecule has 7 nitrogen and oxygen atoms in total. The number of hydrogen-bond donors (Lipinski definition) is 1. The number of hydrogen-bond acceptors (Lipinski definition) is 6. The van der Waals surface area contributed by atoms with Crippen LogP contribution in [-0.4, -0.2) is 40.6 Å². The molecule has 1 N–H and O–H groups in total. The van der Waals surface area contributed by atoms with Crippen molar-refractivity contribution in [3.8, 4) is 5.75 Å². The molecule has 3 aromatic carbocycles. The maximum Gasteiger partial charge on any atom is 0.263 e. The topological polar surface area (TPSA) is 83.4 Å². The van der Waals surface area contributed by atoms with Crippen LogP contribution in [0, 0.1) is 0 Å². The molecular formula is C26H22N4O3S. The average molecular weight is 471 g/mol. The Hall–Kier alpha value is -3.91. The van der Waals surface area contributed by atoms with Crippen molar-refractivity contribution in [1.29, 1.82) is 0 Å². The van der Waals surface area contributed by atoms with Gasteiger partial charge in [0.2, 0.25) is 5.91 Å². The number of ether oxygens (including phenoxy) is 1. The predicted octanol–water partition coefficient (Wildman–Crippen LogP) is 4.08. The smallest absolute Gasteiger partial charge is 0.263 e. The van der Waals surface area contributed by atoms with Crippen LogP contribution in [0.1, 0.15) is 22.7 Å². The first-order valence-corrected chi connectivity index (χ1v) is 11.8. The number of methoxy groups -OCH3 is 1. The molecule has 0 spiro atoms. The van der Waals surface area contributed by atoms with E-state index in [1.54, 1.807) is 12.0 Å². The first kappa shape index (κ1) is 21.9. The van der Waals surface area contributed by atoms with Crippen LogP contribution in [0.25, 0.3) is 0 Å². The van der Waals surface area contributed by atoms with Crippen LogP contribution >= 0.6 is 11.8 Å². The fraction of sp³-hybridized carbons (Fsp3) is 0.154. The van der Waals surface area contributed by atoms with Gasteiger partial charge in [0.05, 0.1) is 18.6 Å². The molecule has 2 aliphatic heterocycles. The second-order valence-corrected chi connectivity index (χ2v) is 8.71. The molecule has 3 aromatic rings. The molecule has 0 aliphatic carbocycles. The van der Waals surface area contributed by atoms with Gasteiger partial charge in [0, 0.05) is 12.1 Å². The summed E-state index contributed by atoms with van der Waals surface area (Å²) < 4.78 is 5.23. The summed E-state index contributed by atoms with van der Waals surface area (Å²) in [6.07, 6.45) is 0. The van der Waals surface area contributed by atoms with E-state index in [1.807, 2.05) is 78.9 Å². The predicted molar refractivity (Wildman–Crippen MR) is 133 cm³/mol. The third-order valence-electron chi connectivity index (χ3n) is 5.54. The number of para-hydroxylation sites is 1. The zero-order valence-corrected chi connectivity index (χ0v) is 19.3. The summed E-state index contributed by atoms with van der Waals surface area (Å²) in [5.41, 5.74) is 3.31.